The Morgan fingerprint density at radius 1 is 1.07 bits per heavy atom. The van der Waals surface area contributed by atoms with E-state index in [-0.39, 0.29) is 47.6 Å². The van der Waals surface area contributed by atoms with Crippen LogP contribution in [0.1, 0.15) is 46.8 Å². The number of carbonyl (C=O) groups excluding carboxylic acids is 5. The average Bonchev–Trinajstić information content (AvgIpc) is 2.92. The Morgan fingerprint density at radius 3 is 2.36 bits per heavy atom. The zero-order valence-electron chi connectivity index (χ0n) is 22.4. The molecular weight excluding hydrogens is 548 g/mol. The van der Waals surface area contributed by atoms with E-state index in [9.17, 15) is 44.4 Å². The number of aromatic hydroxyl groups is 1. The maximum absolute atomic E-state index is 13.6. The average molecular weight is 577 g/mol. The number of hydrogen-bond donors (Lipinski definition) is 8. The number of nitrogens with two attached hydrogens (primary N) is 2. The largest absolute Gasteiger partial charge is 0.508 e. The zero-order chi connectivity index (χ0) is 30.7. The molecule has 3 atom stereocenters. The number of anilines is 2. The highest BCUT2D eigenvalue weighted by atomic mass is 16.3. The van der Waals surface area contributed by atoms with E-state index >= 15 is 0 Å². The van der Waals surface area contributed by atoms with E-state index in [2.05, 4.69) is 10.6 Å². The van der Waals surface area contributed by atoms with Crippen molar-refractivity contribution in [3.63, 3.8) is 0 Å². The van der Waals surface area contributed by atoms with Gasteiger partial charge in [-0.15, -0.1) is 0 Å². The molecular formula is C29H28N4O9. The molecule has 5 rings (SSSR count). The van der Waals surface area contributed by atoms with Gasteiger partial charge < -0.3 is 42.5 Å². The maximum atomic E-state index is 13.6. The minimum absolute atomic E-state index is 0.0139. The Kier molecular flexibility index (Phi) is 6.77. The molecule has 42 heavy (non-hydrogen) atoms. The number of fused-ring (bicyclic) bond motifs is 3. The van der Waals surface area contributed by atoms with Gasteiger partial charge in [-0.1, -0.05) is 0 Å². The van der Waals surface area contributed by atoms with Crippen LogP contribution >= 0.6 is 0 Å². The number of amides is 3. The van der Waals surface area contributed by atoms with E-state index in [0.717, 1.165) is 0 Å². The second kappa shape index (κ2) is 10.0. The van der Waals surface area contributed by atoms with Crippen molar-refractivity contribution in [2.45, 2.75) is 38.3 Å². The standard InChI is InChI=1S/C29H28N4O9/c1-11(34)12-2-4-16(5-3-12)33-28(41)32-10-14-8-18(30)17-7-13-6-15-9-19(35)22(27(31)40)26(39)29(15,42)25(38)20(13)24(37)21(17)23(14)36/h2-5,8,13,15,36-37,39,42H,6-7,9-10,30H2,1H3,(H2,31,40)(H2,32,33,41)/t13?,15-,29-/m0/s1. The molecule has 0 radical (unpaired) electrons. The predicted octanol–water partition coefficient (Wildman–Crippen LogP) is 1.53. The molecule has 2 aromatic carbocycles. The van der Waals surface area contributed by atoms with E-state index in [1.165, 1.54) is 13.0 Å². The number of carbonyl (C=O) groups is 5. The zero-order valence-corrected chi connectivity index (χ0v) is 22.4. The number of nitrogens with one attached hydrogen (secondary N) is 2. The number of primary amides is 1. The molecule has 13 nitrogen and oxygen atoms in total. The summed E-state index contributed by atoms with van der Waals surface area (Å²) < 4.78 is 0. The summed E-state index contributed by atoms with van der Waals surface area (Å²) >= 11 is 0. The van der Waals surface area contributed by atoms with Gasteiger partial charge >= 0.3 is 6.03 Å². The van der Waals surface area contributed by atoms with Crippen molar-refractivity contribution >= 4 is 46.4 Å². The fourth-order valence-electron chi connectivity index (χ4n) is 6.05. The molecule has 0 spiro atoms. The highest BCUT2D eigenvalue weighted by Gasteiger charge is 2.60. The number of Topliss-reactive ketones (excluding diaryl/α,β-unsaturated/α-hetero) is 3. The number of aliphatic hydroxyl groups excluding tert-OH is 2. The molecule has 0 aromatic heterocycles. The van der Waals surface area contributed by atoms with Gasteiger partial charge in [0, 0.05) is 47.0 Å². The van der Waals surface area contributed by atoms with Crippen molar-refractivity contribution in [3.8, 4) is 5.75 Å². The molecule has 3 aliphatic rings. The molecule has 1 unspecified atom stereocenters. The molecule has 3 aliphatic carbocycles. The molecule has 1 fully saturated rings. The van der Waals surface area contributed by atoms with Crippen LogP contribution < -0.4 is 22.1 Å². The monoisotopic (exact) mass is 576 g/mol. The van der Waals surface area contributed by atoms with E-state index < -0.39 is 70.2 Å². The Balaban J connectivity index is 1.45. The van der Waals surface area contributed by atoms with E-state index in [1.54, 1.807) is 24.3 Å². The Bertz CT molecular complexity index is 1660. The van der Waals surface area contributed by atoms with Crippen molar-refractivity contribution in [1.29, 1.82) is 0 Å². The second-order valence-corrected chi connectivity index (χ2v) is 10.7. The fraction of sp³-hybridized carbons (Fsp3) is 0.276. The lowest BCUT2D eigenvalue weighted by molar-refractivity contribution is -0.147. The quantitative estimate of drug-likeness (QED) is 0.110. The Labute approximate surface area is 238 Å². The highest BCUT2D eigenvalue weighted by molar-refractivity contribution is 6.22. The molecule has 0 aliphatic heterocycles. The summed E-state index contributed by atoms with van der Waals surface area (Å²) in [5.41, 5.74) is 8.96. The summed E-state index contributed by atoms with van der Waals surface area (Å²) in [6, 6.07) is 6.99. The Morgan fingerprint density at radius 2 is 1.74 bits per heavy atom. The summed E-state index contributed by atoms with van der Waals surface area (Å²) in [4.78, 5) is 61.8. The minimum Gasteiger partial charge on any atom is -0.508 e. The van der Waals surface area contributed by atoms with Gasteiger partial charge in [0.1, 0.15) is 22.8 Å². The molecule has 218 valence electrons. The van der Waals surface area contributed by atoms with Crippen LogP contribution in [0.2, 0.25) is 0 Å². The highest BCUT2D eigenvalue weighted by Crippen LogP contribution is 2.53. The molecule has 0 heterocycles. The molecule has 2 aromatic rings. The number of urea groups is 1. The molecule has 0 saturated heterocycles. The summed E-state index contributed by atoms with van der Waals surface area (Å²) in [5, 5.41) is 49.5. The van der Waals surface area contributed by atoms with Gasteiger partial charge in [-0.05, 0) is 61.6 Å². The third kappa shape index (κ3) is 4.34. The molecule has 10 N–H and O–H groups in total. The molecule has 13 heteroatoms. The van der Waals surface area contributed by atoms with Gasteiger partial charge in [-0.25, -0.2) is 4.79 Å². The summed E-state index contributed by atoms with van der Waals surface area (Å²) in [7, 11) is 0. The minimum atomic E-state index is -2.67. The molecule has 1 saturated carbocycles. The lowest BCUT2D eigenvalue weighted by Gasteiger charge is -2.46. The third-order valence-corrected chi connectivity index (χ3v) is 8.17. The SMILES string of the molecule is CC(=O)c1ccc(NC(=O)NCc2cc(N)c3c(c2O)C(O)=C2C(=O)[C@]4(O)C(O)=C(C(N)=O)C(=O)C[C@@H]4CC2C3)cc1. The topological polar surface area (TPSA) is 242 Å². The van der Waals surface area contributed by atoms with Crippen molar-refractivity contribution in [3.05, 3.63) is 69.5 Å². The smallest absolute Gasteiger partial charge is 0.319 e. The number of phenols is 1. The number of hydrogen-bond acceptors (Lipinski definition) is 10. The van der Waals surface area contributed by atoms with E-state index in [4.69, 9.17) is 11.5 Å². The predicted molar refractivity (Wildman–Crippen MR) is 148 cm³/mol. The van der Waals surface area contributed by atoms with Crippen LogP contribution in [0.3, 0.4) is 0 Å². The van der Waals surface area contributed by atoms with Gasteiger partial charge in [0.15, 0.2) is 17.2 Å². The normalized spacial score (nSPS) is 23.1. The number of nitrogen functional groups attached to an aromatic ring is 1. The van der Waals surface area contributed by atoms with Crippen molar-refractivity contribution < 1.29 is 44.4 Å². The Hall–Kier alpha value is -5.17. The van der Waals surface area contributed by atoms with Crippen LogP contribution in [0.5, 0.6) is 5.75 Å². The first-order valence-electron chi connectivity index (χ1n) is 13.0. The summed E-state index contributed by atoms with van der Waals surface area (Å²) in [6.45, 7) is 1.18. The van der Waals surface area contributed by atoms with Crippen LogP contribution in [-0.2, 0) is 27.3 Å². The second-order valence-electron chi connectivity index (χ2n) is 10.7. The molecule has 3 amide bonds. The number of ketones is 3. The van der Waals surface area contributed by atoms with E-state index in [1.807, 2.05) is 0 Å². The first-order valence-corrected chi connectivity index (χ1v) is 13.0. The van der Waals surface area contributed by atoms with E-state index in [0.29, 0.717) is 16.8 Å². The van der Waals surface area contributed by atoms with Crippen LogP contribution in [0.4, 0.5) is 16.2 Å². The maximum Gasteiger partial charge on any atom is 0.319 e. The van der Waals surface area contributed by atoms with Gasteiger partial charge in [-0.3, -0.25) is 19.2 Å². The van der Waals surface area contributed by atoms with Gasteiger partial charge in [0.2, 0.25) is 5.78 Å². The lowest BCUT2D eigenvalue weighted by atomic mass is 9.59. The van der Waals surface area contributed by atoms with Crippen LogP contribution in [0.15, 0.2) is 47.2 Å². The van der Waals surface area contributed by atoms with Gasteiger partial charge in [0.05, 0.1) is 5.56 Å². The first-order chi connectivity index (χ1) is 19.7. The first kappa shape index (κ1) is 28.4. The number of benzene rings is 2. The van der Waals surface area contributed by atoms with Crippen molar-refractivity contribution in [2.24, 2.45) is 17.6 Å². The van der Waals surface area contributed by atoms with Gasteiger partial charge in [-0.2, -0.15) is 0 Å². The van der Waals surface area contributed by atoms with Crippen LogP contribution in [0.25, 0.3) is 5.76 Å². The number of rotatable bonds is 5. The van der Waals surface area contributed by atoms with Crippen LogP contribution in [0, 0.1) is 11.8 Å². The number of aliphatic hydroxyl groups is 3. The summed E-state index contributed by atoms with van der Waals surface area (Å²) in [6.07, 6.45) is -0.367. The third-order valence-electron chi connectivity index (χ3n) is 8.17. The van der Waals surface area contributed by atoms with Crippen LogP contribution in [-0.4, -0.2) is 55.3 Å². The van der Waals surface area contributed by atoms with Crippen molar-refractivity contribution in [1.82, 2.24) is 5.32 Å². The fourth-order valence-corrected chi connectivity index (χ4v) is 6.05. The lowest BCUT2D eigenvalue weighted by Crippen LogP contribution is -2.58. The van der Waals surface area contributed by atoms with Gasteiger partial charge in [0.25, 0.3) is 5.91 Å². The summed E-state index contributed by atoms with van der Waals surface area (Å²) in [5.74, 6) is -7.44. The molecule has 0 bridgehead atoms. The van der Waals surface area contributed by atoms with Crippen molar-refractivity contribution in [2.75, 3.05) is 11.1 Å². The number of phenolic OH excluding ortho intramolecular Hbond substituents is 1.